The molecule has 0 rings (SSSR count). The minimum Gasteiger partial charge on any atom is -0.462 e. The molecule has 0 heterocycles. The summed E-state index contributed by atoms with van der Waals surface area (Å²) in [5.74, 6) is -0.418. The molecule has 0 fully saturated rings. The molecule has 1 atom stereocenters. The zero-order chi connectivity index (χ0) is 43.5. The molecule has 0 aromatic carbocycles. The van der Waals surface area contributed by atoms with Crippen LogP contribution in [0.4, 0.5) is 0 Å². The van der Waals surface area contributed by atoms with Crippen molar-refractivity contribution >= 4 is 11.9 Å². The van der Waals surface area contributed by atoms with Gasteiger partial charge < -0.3 is 14.2 Å². The van der Waals surface area contributed by atoms with Gasteiger partial charge in [-0.3, -0.25) is 9.59 Å². The average molecular weight is 839 g/mol. The molecule has 5 nitrogen and oxygen atoms in total. The summed E-state index contributed by atoms with van der Waals surface area (Å²) in [5, 5.41) is 0. The van der Waals surface area contributed by atoms with Gasteiger partial charge in [0.05, 0.1) is 6.61 Å². The number of carbonyl (C=O) groups is 2. The smallest absolute Gasteiger partial charge is 0.306 e. The maximum Gasteiger partial charge on any atom is 0.306 e. The van der Waals surface area contributed by atoms with Crippen LogP contribution < -0.4 is 0 Å². The van der Waals surface area contributed by atoms with Gasteiger partial charge in [0.25, 0.3) is 0 Å². The molecular weight excluding hydrogens is 741 g/mol. The van der Waals surface area contributed by atoms with Crippen molar-refractivity contribution in [1.29, 1.82) is 0 Å². The number of ether oxygens (including phenoxy) is 3. The molecule has 0 amide bonds. The number of carbonyl (C=O) groups excluding carboxylic acids is 2. The third kappa shape index (κ3) is 48.3. The van der Waals surface area contributed by atoms with Crippen LogP contribution in [0.15, 0.2) is 60.8 Å². The largest absolute Gasteiger partial charge is 0.462 e. The fraction of sp³-hybridized carbons (Fsp3) is 0.782. The van der Waals surface area contributed by atoms with E-state index >= 15 is 0 Å². The fourth-order valence-electron chi connectivity index (χ4n) is 7.20. The highest BCUT2D eigenvalue weighted by atomic mass is 16.6. The minimum absolute atomic E-state index is 0.0753. The standard InChI is InChI=1S/C55H98O5/c1-4-7-10-13-16-19-22-25-27-28-30-31-33-36-39-42-45-48-54(56)59-52-53(51-58-50-47-44-41-38-35-24-21-18-15-12-9-6-3)60-55(57)49-46-43-40-37-34-32-29-26-23-20-17-14-11-8-5-2/h8,11,16-17,19-20,25-27,29,53H,4-7,9-10,12-15,18,21-24,28,30-52H2,1-3H3/b11-8-,19-16-,20-17-,27-25-,29-26-. The lowest BCUT2D eigenvalue weighted by Gasteiger charge is -2.18. The van der Waals surface area contributed by atoms with E-state index in [9.17, 15) is 9.59 Å². The van der Waals surface area contributed by atoms with E-state index in [1.807, 2.05) is 0 Å². The fourth-order valence-corrected chi connectivity index (χ4v) is 7.20. The molecule has 0 aromatic heterocycles. The Morgan fingerprint density at radius 3 is 1.23 bits per heavy atom. The molecule has 0 N–H and O–H groups in total. The van der Waals surface area contributed by atoms with Crippen molar-refractivity contribution in [3.8, 4) is 0 Å². The lowest BCUT2D eigenvalue weighted by molar-refractivity contribution is -0.163. The van der Waals surface area contributed by atoms with Crippen LogP contribution in [0.3, 0.4) is 0 Å². The van der Waals surface area contributed by atoms with E-state index in [2.05, 4.69) is 81.5 Å². The van der Waals surface area contributed by atoms with Crippen LogP contribution in [0.1, 0.15) is 252 Å². The van der Waals surface area contributed by atoms with Crippen LogP contribution in [-0.2, 0) is 23.8 Å². The first-order valence-electron chi connectivity index (χ1n) is 25.8. The summed E-state index contributed by atoms with van der Waals surface area (Å²) in [5.41, 5.74) is 0. The molecule has 0 saturated heterocycles. The van der Waals surface area contributed by atoms with Gasteiger partial charge in [0.15, 0.2) is 6.10 Å². The average Bonchev–Trinajstić information content (AvgIpc) is 3.25. The van der Waals surface area contributed by atoms with Crippen molar-refractivity contribution in [1.82, 2.24) is 0 Å². The van der Waals surface area contributed by atoms with Crippen molar-refractivity contribution in [2.75, 3.05) is 19.8 Å². The highest BCUT2D eigenvalue weighted by Crippen LogP contribution is 2.14. The second-order valence-corrected chi connectivity index (χ2v) is 17.0. The number of rotatable bonds is 47. The maximum absolute atomic E-state index is 12.8. The molecule has 0 bridgehead atoms. The van der Waals surface area contributed by atoms with E-state index in [4.69, 9.17) is 14.2 Å². The highest BCUT2D eigenvalue weighted by molar-refractivity contribution is 5.70. The van der Waals surface area contributed by atoms with Gasteiger partial charge in [-0.1, -0.05) is 216 Å². The Kier molecular flexibility index (Phi) is 48.9. The third-order valence-electron chi connectivity index (χ3n) is 11.0. The Morgan fingerprint density at radius 2 is 0.750 bits per heavy atom. The summed E-state index contributed by atoms with van der Waals surface area (Å²) in [7, 11) is 0. The summed E-state index contributed by atoms with van der Waals surface area (Å²) in [6.07, 6.45) is 63.6. The number of unbranched alkanes of at least 4 members (excludes halogenated alkanes) is 26. The molecule has 0 spiro atoms. The first-order chi connectivity index (χ1) is 29.6. The highest BCUT2D eigenvalue weighted by Gasteiger charge is 2.17. The van der Waals surface area contributed by atoms with E-state index in [-0.39, 0.29) is 25.2 Å². The molecule has 1 unspecified atom stereocenters. The van der Waals surface area contributed by atoms with E-state index in [0.29, 0.717) is 19.4 Å². The van der Waals surface area contributed by atoms with Gasteiger partial charge in [-0.05, 0) is 83.5 Å². The van der Waals surface area contributed by atoms with Crippen LogP contribution in [0.2, 0.25) is 0 Å². The summed E-state index contributed by atoms with van der Waals surface area (Å²) in [4.78, 5) is 25.4. The predicted octanol–water partition coefficient (Wildman–Crippen LogP) is 17.3. The number of esters is 2. The van der Waals surface area contributed by atoms with Crippen molar-refractivity contribution in [3.63, 3.8) is 0 Å². The third-order valence-corrected chi connectivity index (χ3v) is 11.0. The van der Waals surface area contributed by atoms with Crippen molar-refractivity contribution in [2.45, 2.75) is 258 Å². The van der Waals surface area contributed by atoms with Crippen LogP contribution in [0.25, 0.3) is 0 Å². The molecule has 0 aromatic rings. The van der Waals surface area contributed by atoms with E-state index in [0.717, 1.165) is 83.5 Å². The second kappa shape index (κ2) is 51.0. The van der Waals surface area contributed by atoms with Gasteiger partial charge in [-0.2, -0.15) is 0 Å². The zero-order valence-corrected chi connectivity index (χ0v) is 40.0. The van der Waals surface area contributed by atoms with Gasteiger partial charge in [0.1, 0.15) is 6.61 Å². The molecule has 0 aliphatic carbocycles. The van der Waals surface area contributed by atoms with Crippen LogP contribution >= 0.6 is 0 Å². The molecule has 348 valence electrons. The van der Waals surface area contributed by atoms with Crippen molar-refractivity contribution in [2.24, 2.45) is 0 Å². The Morgan fingerprint density at radius 1 is 0.383 bits per heavy atom. The Labute approximate surface area is 373 Å². The lowest BCUT2D eigenvalue weighted by Crippen LogP contribution is -2.30. The molecular formula is C55H98O5. The van der Waals surface area contributed by atoms with Crippen LogP contribution in [0.5, 0.6) is 0 Å². The minimum atomic E-state index is -0.546. The van der Waals surface area contributed by atoms with E-state index < -0.39 is 6.10 Å². The topological polar surface area (TPSA) is 61.8 Å². The zero-order valence-electron chi connectivity index (χ0n) is 40.0. The molecule has 60 heavy (non-hydrogen) atoms. The van der Waals surface area contributed by atoms with Gasteiger partial charge in [0.2, 0.25) is 0 Å². The maximum atomic E-state index is 12.8. The van der Waals surface area contributed by atoms with Gasteiger partial charge in [-0.15, -0.1) is 0 Å². The number of hydrogen-bond donors (Lipinski definition) is 0. The Bertz CT molecular complexity index is 1040. The van der Waals surface area contributed by atoms with Gasteiger partial charge in [0, 0.05) is 19.4 Å². The molecule has 0 radical (unpaired) electrons. The quantitative estimate of drug-likeness (QED) is 0.0347. The second-order valence-electron chi connectivity index (χ2n) is 17.0. The molecule has 5 heteroatoms. The van der Waals surface area contributed by atoms with Crippen LogP contribution in [0, 0.1) is 0 Å². The monoisotopic (exact) mass is 839 g/mol. The SMILES string of the molecule is CC/C=C\C/C=C\C/C=C\CCCCCCCC(=O)OC(COCCCCCCCCCCCCCC)COC(=O)CCCCCCCCC/C=C\C/C=C\CCCCC. The van der Waals surface area contributed by atoms with Gasteiger partial charge >= 0.3 is 11.9 Å². The molecule has 0 aliphatic heterocycles. The molecule has 0 saturated carbocycles. The van der Waals surface area contributed by atoms with Crippen LogP contribution in [-0.4, -0.2) is 37.9 Å². The Hall–Kier alpha value is -2.40. The number of hydrogen-bond acceptors (Lipinski definition) is 5. The number of allylic oxidation sites excluding steroid dienone is 10. The van der Waals surface area contributed by atoms with Crippen molar-refractivity contribution in [3.05, 3.63) is 60.8 Å². The van der Waals surface area contributed by atoms with Gasteiger partial charge in [-0.25, -0.2) is 0 Å². The Balaban J connectivity index is 4.28. The first-order valence-corrected chi connectivity index (χ1v) is 25.8. The normalized spacial score (nSPS) is 12.7. The summed E-state index contributed by atoms with van der Waals surface area (Å²) < 4.78 is 17.4. The predicted molar refractivity (Wildman–Crippen MR) is 261 cm³/mol. The molecule has 0 aliphatic rings. The summed E-state index contributed by atoms with van der Waals surface area (Å²) in [6.45, 7) is 7.69. The lowest BCUT2D eigenvalue weighted by atomic mass is 10.1. The first kappa shape index (κ1) is 57.6. The van der Waals surface area contributed by atoms with Crippen molar-refractivity contribution < 1.29 is 23.8 Å². The van der Waals surface area contributed by atoms with E-state index in [1.165, 1.54) is 135 Å². The summed E-state index contributed by atoms with van der Waals surface area (Å²) >= 11 is 0. The summed E-state index contributed by atoms with van der Waals surface area (Å²) in [6, 6.07) is 0. The van der Waals surface area contributed by atoms with E-state index in [1.54, 1.807) is 0 Å².